The Hall–Kier alpha value is -2.95. The molecule has 0 atom stereocenters. The zero-order valence-corrected chi connectivity index (χ0v) is 18.9. The smallest absolute Gasteiger partial charge is 0.410 e. The lowest BCUT2D eigenvalue weighted by Gasteiger charge is -2.24. The van der Waals surface area contributed by atoms with Gasteiger partial charge in [0.05, 0.1) is 12.0 Å². The molecule has 0 aliphatic carbocycles. The maximum atomic E-state index is 12.5. The minimum Gasteiger partial charge on any atom is -0.444 e. The molecule has 0 fully saturated rings. The Morgan fingerprint density at radius 2 is 1.71 bits per heavy atom. The third kappa shape index (κ3) is 7.35. The quantitative estimate of drug-likeness (QED) is 0.628. The summed E-state index contributed by atoms with van der Waals surface area (Å²) in [5.74, 6) is -0.402. The van der Waals surface area contributed by atoms with E-state index in [9.17, 15) is 18.0 Å². The van der Waals surface area contributed by atoms with Crippen LogP contribution in [0.25, 0.3) is 0 Å². The SMILES string of the molecule is CONS(=O)(=O)c1ccc(C(=O)Nc2cccc(CN(C)C(=O)OC(C)(C)C)c2)cc1. The summed E-state index contributed by atoms with van der Waals surface area (Å²) in [4.78, 5) is 32.4. The lowest BCUT2D eigenvalue weighted by Crippen LogP contribution is -2.33. The van der Waals surface area contributed by atoms with Crippen LogP contribution in [0.4, 0.5) is 10.5 Å². The van der Waals surface area contributed by atoms with Gasteiger partial charge in [-0.3, -0.25) is 9.63 Å². The molecule has 0 aliphatic heterocycles. The first-order valence-corrected chi connectivity index (χ1v) is 10.9. The third-order valence-electron chi connectivity index (χ3n) is 3.93. The number of nitrogens with zero attached hydrogens (tertiary/aromatic N) is 1. The Kier molecular flexibility index (Phi) is 7.77. The summed E-state index contributed by atoms with van der Waals surface area (Å²) in [7, 11) is -0.968. The summed E-state index contributed by atoms with van der Waals surface area (Å²) in [5, 5.41) is 2.76. The van der Waals surface area contributed by atoms with Crippen molar-refractivity contribution in [3.63, 3.8) is 0 Å². The van der Waals surface area contributed by atoms with Gasteiger partial charge in [0.2, 0.25) is 0 Å². The number of rotatable bonds is 7. The summed E-state index contributed by atoms with van der Waals surface area (Å²) >= 11 is 0. The van der Waals surface area contributed by atoms with Gasteiger partial charge in [0.25, 0.3) is 15.9 Å². The van der Waals surface area contributed by atoms with Crippen molar-refractivity contribution < 1.29 is 27.6 Å². The van der Waals surface area contributed by atoms with Gasteiger partial charge in [-0.25, -0.2) is 13.2 Å². The fourth-order valence-electron chi connectivity index (χ4n) is 2.57. The van der Waals surface area contributed by atoms with Crippen LogP contribution < -0.4 is 10.2 Å². The van der Waals surface area contributed by atoms with Gasteiger partial charge in [-0.05, 0) is 62.7 Å². The summed E-state index contributed by atoms with van der Waals surface area (Å²) in [6, 6.07) is 12.5. The predicted octanol–water partition coefficient (Wildman–Crippen LogP) is 3.15. The normalized spacial score (nSPS) is 11.6. The number of ether oxygens (including phenoxy) is 1. The molecule has 2 aromatic carbocycles. The predicted molar refractivity (Wildman–Crippen MR) is 116 cm³/mol. The van der Waals surface area contributed by atoms with Crippen LogP contribution in [-0.2, 0) is 26.1 Å². The summed E-state index contributed by atoms with van der Waals surface area (Å²) in [6.07, 6.45) is -0.444. The molecule has 0 heterocycles. The lowest BCUT2D eigenvalue weighted by atomic mass is 10.1. The van der Waals surface area contributed by atoms with Crippen molar-refractivity contribution in [2.45, 2.75) is 37.8 Å². The first kappa shape index (κ1) is 24.3. The average Bonchev–Trinajstić information content (AvgIpc) is 2.67. The summed E-state index contributed by atoms with van der Waals surface area (Å²) in [5.41, 5.74) is 1.04. The van der Waals surface area contributed by atoms with Crippen LogP contribution >= 0.6 is 0 Å². The van der Waals surface area contributed by atoms with E-state index in [0.29, 0.717) is 12.2 Å². The number of hydrogen-bond donors (Lipinski definition) is 2. The Labute approximate surface area is 182 Å². The first-order chi connectivity index (χ1) is 14.4. The van der Waals surface area contributed by atoms with Gasteiger partial charge in [0.15, 0.2) is 0 Å². The van der Waals surface area contributed by atoms with Crippen molar-refractivity contribution in [2.75, 3.05) is 19.5 Å². The zero-order chi connectivity index (χ0) is 23.2. The van der Waals surface area contributed by atoms with E-state index >= 15 is 0 Å². The number of nitrogens with one attached hydrogen (secondary N) is 2. The van der Waals surface area contributed by atoms with Crippen LogP contribution in [0.1, 0.15) is 36.7 Å². The highest BCUT2D eigenvalue weighted by Crippen LogP contribution is 2.17. The molecule has 0 unspecified atom stereocenters. The maximum absolute atomic E-state index is 12.5. The van der Waals surface area contributed by atoms with Crippen molar-refractivity contribution >= 4 is 27.7 Å². The largest absolute Gasteiger partial charge is 0.444 e. The second kappa shape index (κ2) is 9.90. The number of carbonyl (C=O) groups excluding carboxylic acids is 2. The Morgan fingerprint density at radius 3 is 2.29 bits per heavy atom. The second-order valence-electron chi connectivity index (χ2n) is 7.81. The highest BCUT2D eigenvalue weighted by Gasteiger charge is 2.20. The molecule has 9 nitrogen and oxygen atoms in total. The van der Waals surface area contributed by atoms with Gasteiger partial charge in [0.1, 0.15) is 5.60 Å². The van der Waals surface area contributed by atoms with E-state index in [1.165, 1.54) is 36.3 Å². The van der Waals surface area contributed by atoms with Crippen LogP contribution in [0.3, 0.4) is 0 Å². The molecule has 0 bridgehead atoms. The third-order valence-corrected chi connectivity index (χ3v) is 5.21. The Bertz CT molecular complexity index is 1030. The number of carbonyl (C=O) groups is 2. The number of sulfonamides is 1. The van der Waals surface area contributed by atoms with Gasteiger partial charge < -0.3 is 15.0 Å². The average molecular weight is 450 g/mol. The second-order valence-corrected chi connectivity index (χ2v) is 9.45. The molecular formula is C21H27N3O6S. The van der Waals surface area contributed by atoms with E-state index < -0.39 is 27.6 Å². The molecule has 0 spiro atoms. The monoisotopic (exact) mass is 449 g/mol. The molecule has 2 amide bonds. The van der Waals surface area contributed by atoms with Gasteiger partial charge in [-0.2, -0.15) is 0 Å². The fourth-order valence-corrected chi connectivity index (χ4v) is 3.38. The van der Waals surface area contributed by atoms with Gasteiger partial charge in [0, 0.05) is 24.8 Å². The minimum atomic E-state index is -3.79. The molecule has 10 heteroatoms. The number of benzene rings is 2. The van der Waals surface area contributed by atoms with Crippen LogP contribution in [0, 0.1) is 0 Å². The molecular weight excluding hydrogens is 422 g/mol. The van der Waals surface area contributed by atoms with Crippen molar-refractivity contribution in [3.05, 3.63) is 59.7 Å². The van der Waals surface area contributed by atoms with E-state index in [0.717, 1.165) is 5.56 Å². The van der Waals surface area contributed by atoms with Gasteiger partial charge in [-0.1, -0.05) is 17.0 Å². The lowest BCUT2D eigenvalue weighted by molar-refractivity contribution is 0.0285. The van der Waals surface area contributed by atoms with E-state index in [-0.39, 0.29) is 10.5 Å². The van der Waals surface area contributed by atoms with Crippen molar-refractivity contribution in [1.82, 2.24) is 9.79 Å². The highest BCUT2D eigenvalue weighted by atomic mass is 32.2. The van der Waals surface area contributed by atoms with Crippen LogP contribution in [-0.4, -0.2) is 45.1 Å². The Balaban J connectivity index is 2.05. The molecule has 0 saturated heterocycles. The van der Waals surface area contributed by atoms with Gasteiger partial charge >= 0.3 is 6.09 Å². The molecule has 168 valence electrons. The number of anilines is 1. The van der Waals surface area contributed by atoms with Crippen LogP contribution in [0.15, 0.2) is 53.4 Å². The van der Waals surface area contributed by atoms with Crippen molar-refractivity contribution in [1.29, 1.82) is 0 Å². The molecule has 0 aromatic heterocycles. The maximum Gasteiger partial charge on any atom is 0.410 e. The van der Waals surface area contributed by atoms with Crippen molar-refractivity contribution in [2.24, 2.45) is 0 Å². The minimum absolute atomic E-state index is 0.0296. The van der Waals surface area contributed by atoms with Crippen molar-refractivity contribution in [3.8, 4) is 0 Å². The fraction of sp³-hybridized carbons (Fsp3) is 0.333. The number of amides is 2. The highest BCUT2D eigenvalue weighted by molar-refractivity contribution is 7.89. The van der Waals surface area contributed by atoms with E-state index in [2.05, 4.69) is 10.2 Å². The van der Waals surface area contributed by atoms with E-state index in [1.54, 1.807) is 46.0 Å². The molecule has 0 aliphatic rings. The van der Waals surface area contributed by atoms with Crippen LogP contribution in [0.2, 0.25) is 0 Å². The standard InChI is InChI=1S/C21H27N3O6S/c1-21(2,3)30-20(26)24(4)14-15-7-6-8-17(13-15)22-19(25)16-9-11-18(12-10-16)31(27,28)23-29-5/h6-13,23H,14H2,1-5H3,(H,22,25). The molecule has 2 N–H and O–H groups in total. The first-order valence-electron chi connectivity index (χ1n) is 9.40. The Morgan fingerprint density at radius 1 is 1.06 bits per heavy atom. The molecule has 0 saturated carbocycles. The topological polar surface area (TPSA) is 114 Å². The van der Waals surface area contributed by atoms with E-state index in [4.69, 9.17) is 4.74 Å². The zero-order valence-electron chi connectivity index (χ0n) is 18.1. The number of hydrogen-bond acceptors (Lipinski definition) is 6. The van der Waals surface area contributed by atoms with Crippen LogP contribution in [0.5, 0.6) is 0 Å². The summed E-state index contributed by atoms with van der Waals surface area (Å²) < 4.78 is 29.1. The molecule has 0 radical (unpaired) electrons. The van der Waals surface area contributed by atoms with E-state index in [1.807, 2.05) is 11.0 Å². The summed E-state index contributed by atoms with van der Waals surface area (Å²) in [6.45, 7) is 5.69. The molecule has 2 aromatic rings. The molecule has 2 rings (SSSR count). The molecule has 31 heavy (non-hydrogen) atoms. The van der Waals surface area contributed by atoms with Gasteiger partial charge in [-0.15, -0.1) is 0 Å².